The number of carbonyl (C=O) groups is 1. The van der Waals surface area contributed by atoms with Gasteiger partial charge in [0, 0.05) is 22.9 Å². The fourth-order valence-electron chi connectivity index (χ4n) is 2.27. The van der Waals surface area contributed by atoms with Crippen LogP contribution in [0, 0.1) is 6.92 Å². The van der Waals surface area contributed by atoms with Crippen molar-refractivity contribution in [3.8, 4) is 11.3 Å². The number of hydrogen-bond donors (Lipinski definition) is 2. The third-order valence-corrected chi connectivity index (χ3v) is 4.79. The molecule has 6 heteroatoms. The van der Waals surface area contributed by atoms with Crippen molar-refractivity contribution in [1.29, 1.82) is 0 Å². The Morgan fingerprint density at radius 2 is 1.88 bits per heavy atom. The molecular formula is C19H18ClN3OS. The molecule has 0 radical (unpaired) electrons. The second kappa shape index (κ2) is 8.23. The quantitative estimate of drug-likeness (QED) is 0.493. The summed E-state index contributed by atoms with van der Waals surface area (Å²) < 4.78 is 0. The first kappa shape index (κ1) is 17.6. The summed E-state index contributed by atoms with van der Waals surface area (Å²) in [6.45, 7) is 2.58. The van der Waals surface area contributed by atoms with Crippen LogP contribution < -0.4 is 5.32 Å². The number of carbonyl (C=O) groups excluding carboxylic acids is 1. The molecule has 2 aromatic carbocycles. The molecule has 1 aromatic heterocycles. The number of aromatic amines is 1. The molecule has 0 spiro atoms. The van der Waals surface area contributed by atoms with Gasteiger partial charge < -0.3 is 10.3 Å². The van der Waals surface area contributed by atoms with E-state index >= 15 is 0 Å². The SMILES string of the molecule is Cc1ccc(C(=O)NCCSc2ncc(-c3ccc(Cl)cc3)[nH]2)cc1. The van der Waals surface area contributed by atoms with E-state index in [1.165, 1.54) is 0 Å². The highest BCUT2D eigenvalue weighted by Gasteiger charge is 2.06. The molecule has 3 rings (SSSR count). The van der Waals surface area contributed by atoms with E-state index in [9.17, 15) is 4.79 Å². The molecule has 128 valence electrons. The topological polar surface area (TPSA) is 57.8 Å². The van der Waals surface area contributed by atoms with Crippen LogP contribution in [0.1, 0.15) is 15.9 Å². The Labute approximate surface area is 156 Å². The lowest BCUT2D eigenvalue weighted by molar-refractivity contribution is 0.0956. The third kappa shape index (κ3) is 4.87. The molecule has 25 heavy (non-hydrogen) atoms. The molecule has 0 aliphatic heterocycles. The van der Waals surface area contributed by atoms with E-state index < -0.39 is 0 Å². The monoisotopic (exact) mass is 371 g/mol. The minimum absolute atomic E-state index is 0.0538. The molecule has 0 aliphatic carbocycles. The highest BCUT2D eigenvalue weighted by atomic mass is 35.5. The summed E-state index contributed by atoms with van der Waals surface area (Å²) in [5, 5.41) is 4.46. The second-order valence-electron chi connectivity index (χ2n) is 5.58. The summed E-state index contributed by atoms with van der Waals surface area (Å²) >= 11 is 7.47. The van der Waals surface area contributed by atoms with Crippen molar-refractivity contribution in [3.63, 3.8) is 0 Å². The number of benzene rings is 2. The summed E-state index contributed by atoms with van der Waals surface area (Å²) in [6.07, 6.45) is 1.80. The van der Waals surface area contributed by atoms with Gasteiger partial charge in [-0.1, -0.05) is 53.2 Å². The lowest BCUT2D eigenvalue weighted by Crippen LogP contribution is -2.25. The Kier molecular flexibility index (Phi) is 5.79. The van der Waals surface area contributed by atoms with Gasteiger partial charge in [-0.15, -0.1) is 0 Å². The number of H-pyrrole nitrogens is 1. The minimum atomic E-state index is -0.0538. The third-order valence-electron chi connectivity index (χ3n) is 3.65. The molecule has 1 heterocycles. The van der Waals surface area contributed by atoms with Crippen LogP contribution in [-0.2, 0) is 0 Å². The molecule has 0 unspecified atom stereocenters. The van der Waals surface area contributed by atoms with Crippen molar-refractivity contribution in [2.24, 2.45) is 0 Å². The number of halogens is 1. The average molecular weight is 372 g/mol. The Morgan fingerprint density at radius 1 is 1.16 bits per heavy atom. The van der Waals surface area contributed by atoms with Crippen LogP contribution in [0.4, 0.5) is 0 Å². The number of aromatic nitrogens is 2. The number of imidazole rings is 1. The van der Waals surface area contributed by atoms with E-state index in [0.717, 1.165) is 27.7 Å². The molecule has 0 bridgehead atoms. The van der Waals surface area contributed by atoms with Crippen molar-refractivity contribution in [2.75, 3.05) is 12.3 Å². The molecule has 0 fully saturated rings. The Hall–Kier alpha value is -2.24. The Bertz CT molecular complexity index is 844. The highest BCUT2D eigenvalue weighted by Crippen LogP contribution is 2.22. The fourth-order valence-corrected chi connectivity index (χ4v) is 3.10. The van der Waals surface area contributed by atoms with Gasteiger partial charge in [0.05, 0.1) is 11.9 Å². The number of nitrogens with one attached hydrogen (secondary N) is 2. The van der Waals surface area contributed by atoms with Crippen molar-refractivity contribution in [1.82, 2.24) is 15.3 Å². The summed E-state index contributed by atoms with van der Waals surface area (Å²) in [5.74, 6) is 0.687. The van der Waals surface area contributed by atoms with Crippen molar-refractivity contribution in [2.45, 2.75) is 12.1 Å². The normalized spacial score (nSPS) is 10.6. The van der Waals surface area contributed by atoms with Gasteiger partial charge in [0.2, 0.25) is 0 Å². The van der Waals surface area contributed by atoms with Gasteiger partial charge in [-0.25, -0.2) is 4.98 Å². The smallest absolute Gasteiger partial charge is 0.251 e. The van der Waals surface area contributed by atoms with E-state index in [4.69, 9.17) is 11.6 Å². The average Bonchev–Trinajstić information content (AvgIpc) is 3.09. The first-order valence-corrected chi connectivity index (χ1v) is 9.27. The summed E-state index contributed by atoms with van der Waals surface area (Å²) in [6, 6.07) is 15.1. The molecule has 0 saturated carbocycles. The van der Waals surface area contributed by atoms with Crippen LogP contribution in [0.5, 0.6) is 0 Å². The van der Waals surface area contributed by atoms with Crippen LogP contribution in [0.3, 0.4) is 0 Å². The standard InChI is InChI=1S/C19H18ClN3OS/c1-13-2-4-15(5-3-13)18(24)21-10-11-25-19-22-12-17(23-19)14-6-8-16(20)9-7-14/h2-9,12H,10-11H2,1H3,(H,21,24)(H,22,23). The molecular weight excluding hydrogens is 354 g/mol. The number of nitrogens with zero attached hydrogens (tertiary/aromatic N) is 1. The van der Waals surface area contributed by atoms with Gasteiger partial charge >= 0.3 is 0 Å². The maximum Gasteiger partial charge on any atom is 0.251 e. The number of hydrogen-bond acceptors (Lipinski definition) is 3. The highest BCUT2D eigenvalue weighted by molar-refractivity contribution is 7.99. The molecule has 1 amide bonds. The minimum Gasteiger partial charge on any atom is -0.351 e. The maximum absolute atomic E-state index is 12.0. The summed E-state index contributed by atoms with van der Waals surface area (Å²) in [4.78, 5) is 19.7. The molecule has 0 saturated heterocycles. The van der Waals surface area contributed by atoms with E-state index in [1.54, 1.807) is 18.0 Å². The van der Waals surface area contributed by atoms with Gasteiger partial charge in [0.1, 0.15) is 0 Å². The van der Waals surface area contributed by atoms with Gasteiger partial charge in [-0.3, -0.25) is 4.79 Å². The first-order valence-electron chi connectivity index (χ1n) is 7.90. The van der Waals surface area contributed by atoms with Crippen LogP contribution >= 0.6 is 23.4 Å². The van der Waals surface area contributed by atoms with E-state index in [2.05, 4.69) is 15.3 Å². The van der Waals surface area contributed by atoms with Gasteiger partial charge in [0.15, 0.2) is 5.16 Å². The molecule has 4 nitrogen and oxygen atoms in total. The lowest BCUT2D eigenvalue weighted by Gasteiger charge is -2.04. The van der Waals surface area contributed by atoms with Crippen LogP contribution in [-0.4, -0.2) is 28.2 Å². The van der Waals surface area contributed by atoms with Crippen molar-refractivity contribution < 1.29 is 4.79 Å². The van der Waals surface area contributed by atoms with Gasteiger partial charge in [-0.2, -0.15) is 0 Å². The number of rotatable bonds is 6. The lowest BCUT2D eigenvalue weighted by atomic mass is 10.1. The fraction of sp³-hybridized carbons (Fsp3) is 0.158. The second-order valence-corrected chi connectivity index (χ2v) is 7.10. The molecule has 0 aliphatic rings. The van der Waals surface area contributed by atoms with E-state index in [-0.39, 0.29) is 5.91 Å². The Balaban J connectivity index is 1.47. The van der Waals surface area contributed by atoms with E-state index in [1.807, 2.05) is 55.5 Å². The van der Waals surface area contributed by atoms with E-state index in [0.29, 0.717) is 17.1 Å². The predicted molar refractivity (Wildman–Crippen MR) is 103 cm³/mol. The van der Waals surface area contributed by atoms with Crippen LogP contribution in [0.25, 0.3) is 11.3 Å². The molecule has 3 aromatic rings. The van der Waals surface area contributed by atoms with Gasteiger partial charge in [-0.05, 0) is 36.8 Å². The summed E-state index contributed by atoms with van der Waals surface area (Å²) in [5.41, 5.74) is 3.80. The van der Waals surface area contributed by atoms with Gasteiger partial charge in [0.25, 0.3) is 5.91 Å². The van der Waals surface area contributed by atoms with Crippen LogP contribution in [0.15, 0.2) is 59.9 Å². The number of amides is 1. The first-order chi connectivity index (χ1) is 12.1. The van der Waals surface area contributed by atoms with Crippen molar-refractivity contribution in [3.05, 3.63) is 70.9 Å². The predicted octanol–water partition coefficient (Wildman–Crippen LogP) is 4.56. The Morgan fingerprint density at radius 3 is 2.60 bits per heavy atom. The zero-order chi connectivity index (χ0) is 17.6. The van der Waals surface area contributed by atoms with Crippen molar-refractivity contribution >= 4 is 29.3 Å². The zero-order valence-corrected chi connectivity index (χ0v) is 15.3. The molecule has 2 N–H and O–H groups in total. The summed E-state index contributed by atoms with van der Waals surface area (Å²) in [7, 11) is 0. The largest absolute Gasteiger partial charge is 0.351 e. The maximum atomic E-state index is 12.0. The van der Waals surface area contributed by atoms with Crippen LogP contribution in [0.2, 0.25) is 5.02 Å². The number of aryl methyl sites for hydroxylation is 1. The number of thioether (sulfide) groups is 1. The zero-order valence-electron chi connectivity index (χ0n) is 13.8. The molecule has 0 atom stereocenters.